The van der Waals surface area contributed by atoms with Gasteiger partial charge in [0.15, 0.2) is 0 Å². The van der Waals surface area contributed by atoms with Gasteiger partial charge in [-0.3, -0.25) is 14.6 Å². The lowest BCUT2D eigenvalue weighted by atomic mass is 9.99. The molecular weight excluding hydrogens is 532 g/mol. The van der Waals surface area contributed by atoms with Crippen LogP contribution in [0.15, 0.2) is 59.6 Å². The highest BCUT2D eigenvalue weighted by Crippen LogP contribution is 2.27. The van der Waals surface area contributed by atoms with E-state index in [4.69, 9.17) is 11.6 Å². The maximum absolute atomic E-state index is 13.6. The topological polar surface area (TPSA) is 108 Å². The van der Waals surface area contributed by atoms with Crippen LogP contribution in [0.3, 0.4) is 0 Å². The smallest absolute Gasteiger partial charge is 0.261 e. The summed E-state index contributed by atoms with van der Waals surface area (Å²) in [6.07, 6.45) is 3.33. The SMILES string of the molecule is Cc1c(-c2ccccn2)cccc1S(=O)(=O)N[C@@H](CNC(=O)c1ccc(Cl)s1)C(=O)N1CCC(C)CC1. The van der Waals surface area contributed by atoms with Crippen molar-refractivity contribution in [3.8, 4) is 11.3 Å². The van der Waals surface area contributed by atoms with Crippen LogP contribution in [0.2, 0.25) is 4.34 Å². The van der Waals surface area contributed by atoms with E-state index in [0.717, 1.165) is 24.2 Å². The molecule has 1 fully saturated rings. The molecule has 0 bridgehead atoms. The molecule has 0 spiro atoms. The number of amides is 2. The Hall–Kier alpha value is -2.79. The second kappa shape index (κ2) is 11.7. The highest BCUT2D eigenvalue weighted by Gasteiger charge is 2.32. The number of halogens is 1. The number of thiophene rings is 1. The van der Waals surface area contributed by atoms with Gasteiger partial charge in [-0.2, -0.15) is 4.72 Å². The van der Waals surface area contributed by atoms with E-state index in [1.807, 2.05) is 12.1 Å². The zero-order valence-corrected chi connectivity index (χ0v) is 23.0. The van der Waals surface area contributed by atoms with Gasteiger partial charge in [0, 0.05) is 31.4 Å². The molecule has 0 unspecified atom stereocenters. The fourth-order valence-electron chi connectivity index (χ4n) is 4.30. The number of piperidine rings is 1. The van der Waals surface area contributed by atoms with Crippen molar-refractivity contribution < 1.29 is 18.0 Å². The van der Waals surface area contributed by atoms with E-state index in [-0.39, 0.29) is 17.3 Å². The summed E-state index contributed by atoms with van der Waals surface area (Å²) in [5, 5.41) is 2.70. The summed E-state index contributed by atoms with van der Waals surface area (Å²) in [7, 11) is -4.12. The van der Waals surface area contributed by atoms with Crippen LogP contribution in [-0.4, -0.2) is 55.8 Å². The lowest BCUT2D eigenvalue weighted by Gasteiger charge is -2.33. The lowest BCUT2D eigenvalue weighted by molar-refractivity contribution is -0.134. The Kier molecular flexibility index (Phi) is 8.63. The minimum absolute atomic E-state index is 0.0529. The molecule has 1 aliphatic heterocycles. The maximum atomic E-state index is 13.6. The summed E-state index contributed by atoms with van der Waals surface area (Å²) in [4.78, 5) is 32.5. The Labute approximate surface area is 226 Å². The number of hydrogen-bond acceptors (Lipinski definition) is 6. The largest absolute Gasteiger partial charge is 0.349 e. The first-order valence-corrected chi connectivity index (χ1v) is 14.7. The van der Waals surface area contributed by atoms with Gasteiger partial charge in [0.2, 0.25) is 15.9 Å². The Morgan fingerprint density at radius 1 is 1.14 bits per heavy atom. The van der Waals surface area contributed by atoms with Gasteiger partial charge in [-0.1, -0.05) is 36.7 Å². The summed E-state index contributed by atoms with van der Waals surface area (Å²) in [5.74, 6) is -0.285. The number of likely N-dealkylation sites (tertiary alicyclic amines) is 1. The van der Waals surface area contributed by atoms with Crippen molar-refractivity contribution in [3.63, 3.8) is 0 Å². The lowest BCUT2D eigenvalue weighted by Crippen LogP contribution is -2.55. The number of sulfonamides is 1. The van der Waals surface area contributed by atoms with E-state index in [2.05, 4.69) is 21.9 Å². The van der Waals surface area contributed by atoms with Crippen LogP contribution in [-0.2, 0) is 14.8 Å². The number of hydrogen-bond donors (Lipinski definition) is 2. The van der Waals surface area contributed by atoms with E-state index in [1.165, 1.54) is 6.07 Å². The third kappa shape index (κ3) is 6.56. The summed E-state index contributed by atoms with van der Waals surface area (Å²) in [6, 6.07) is 12.4. The number of aromatic nitrogens is 1. The maximum Gasteiger partial charge on any atom is 0.261 e. The van der Waals surface area contributed by atoms with Crippen LogP contribution in [0, 0.1) is 12.8 Å². The Morgan fingerprint density at radius 2 is 1.89 bits per heavy atom. The average Bonchev–Trinajstić information content (AvgIpc) is 3.33. The highest BCUT2D eigenvalue weighted by molar-refractivity contribution is 7.89. The first-order chi connectivity index (χ1) is 17.7. The fraction of sp³-hybridized carbons (Fsp3) is 0.346. The molecule has 0 aliphatic carbocycles. The molecule has 8 nitrogen and oxygen atoms in total. The van der Waals surface area contributed by atoms with Crippen LogP contribution >= 0.6 is 22.9 Å². The van der Waals surface area contributed by atoms with Gasteiger partial charge in [-0.25, -0.2) is 8.42 Å². The third-order valence-corrected chi connectivity index (χ3v) is 9.32. The van der Waals surface area contributed by atoms with E-state index in [1.54, 1.807) is 48.4 Å². The molecule has 0 saturated carbocycles. The van der Waals surface area contributed by atoms with Crippen molar-refractivity contribution in [2.45, 2.75) is 37.6 Å². The van der Waals surface area contributed by atoms with Crippen molar-refractivity contribution in [2.75, 3.05) is 19.6 Å². The van der Waals surface area contributed by atoms with Gasteiger partial charge in [-0.15, -0.1) is 11.3 Å². The molecule has 11 heteroatoms. The van der Waals surface area contributed by atoms with Gasteiger partial charge >= 0.3 is 0 Å². The number of nitrogens with zero attached hydrogens (tertiary/aromatic N) is 2. The van der Waals surface area contributed by atoms with Gasteiger partial charge in [-0.05, 0) is 61.6 Å². The molecule has 2 aromatic heterocycles. The predicted molar refractivity (Wildman–Crippen MR) is 145 cm³/mol. The van der Waals surface area contributed by atoms with Crippen molar-refractivity contribution >= 4 is 44.8 Å². The first-order valence-electron chi connectivity index (χ1n) is 12.0. The van der Waals surface area contributed by atoms with Crippen LogP contribution in [0.4, 0.5) is 0 Å². The molecule has 4 rings (SSSR count). The van der Waals surface area contributed by atoms with Crippen LogP contribution in [0.1, 0.15) is 35.0 Å². The number of benzene rings is 1. The molecular formula is C26H29ClN4O4S2. The summed E-state index contributed by atoms with van der Waals surface area (Å²) in [6.45, 7) is 4.73. The Bertz CT molecular complexity index is 1370. The van der Waals surface area contributed by atoms with E-state index in [9.17, 15) is 18.0 Å². The minimum atomic E-state index is -4.12. The number of carbonyl (C=O) groups excluding carboxylic acids is 2. The number of rotatable bonds is 8. The summed E-state index contributed by atoms with van der Waals surface area (Å²) >= 11 is 7.05. The first kappa shape index (κ1) is 27.3. The second-order valence-corrected chi connectivity index (χ2v) is 12.5. The zero-order valence-electron chi connectivity index (χ0n) is 20.6. The second-order valence-electron chi connectivity index (χ2n) is 9.14. The van der Waals surface area contributed by atoms with Crippen molar-refractivity contribution in [3.05, 3.63) is 69.5 Å². The van der Waals surface area contributed by atoms with Gasteiger partial charge in [0.05, 0.1) is 19.8 Å². The quantitative estimate of drug-likeness (QED) is 0.431. The highest BCUT2D eigenvalue weighted by atomic mass is 35.5. The predicted octanol–water partition coefficient (Wildman–Crippen LogP) is 4.11. The monoisotopic (exact) mass is 560 g/mol. The molecule has 37 heavy (non-hydrogen) atoms. The Balaban J connectivity index is 1.59. The molecule has 196 valence electrons. The molecule has 3 aromatic rings. The van der Waals surface area contributed by atoms with Crippen LogP contribution in [0.5, 0.6) is 0 Å². The molecule has 1 atom stereocenters. The fourth-order valence-corrected chi connectivity index (χ4v) is 6.72. The Morgan fingerprint density at radius 3 is 2.54 bits per heavy atom. The minimum Gasteiger partial charge on any atom is -0.349 e. The average molecular weight is 561 g/mol. The molecule has 3 heterocycles. The molecule has 1 saturated heterocycles. The van der Waals surface area contributed by atoms with Crippen molar-refractivity contribution in [2.24, 2.45) is 5.92 Å². The number of carbonyl (C=O) groups is 2. The van der Waals surface area contributed by atoms with Crippen molar-refractivity contribution in [1.29, 1.82) is 0 Å². The number of nitrogens with one attached hydrogen (secondary N) is 2. The zero-order chi connectivity index (χ0) is 26.6. The molecule has 2 N–H and O–H groups in total. The molecule has 0 radical (unpaired) electrons. The van der Waals surface area contributed by atoms with E-state index >= 15 is 0 Å². The van der Waals surface area contributed by atoms with Gasteiger partial charge in [0.1, 0.15) is 6.04 Å². The normalized spacial score (nSPS) is 15.4. The summed E-state index contributed by atoms with van der Waals surface area (Å²) < 4.78 is 30.2. The standard InChI is InChI=1S/C26H29ClN4O4S2/c1-17-11-14-31(15-12-17)26(33)21(16-29-25(32)22-9-10-24(27)36-22)30-37(34,35)23-8-5-6-19(18(23)2)20-7-3-4-13-28-20/h3-10,13,17,21,30H,11-12,14-16H2,1-2H3,(H,29,32)/t21-/m0/s1. The van der Waals surface area contributed by atoms with Crippen LogP contribution in [0.25, 0.3) is 11.3 Å². The number of pyridine rings is 1. The third-order valence-electron chi connectivity index (χ3n) is 6.47. The van der Waals surface area contributed by atoms with E-state index in [0.29, 0.717) is 45.0 Å². The molecule has 2 amide bonds. The van der Waals surface area contributed by atoms with E-state index < -0.39 is 22.0 Å². The summed E-state index contributed by atoms with van der Waals surface area (Å²) in [5.41, 5.74) is 1.84. The van der Waals surface area contributed by atoms with Gasteiger partial charge < -0.3 is 10.2 Å². The molecule has 1 aromatic carbocycles. The van der Waals surface area contributed by atoms with Gasteiger partial charge in [0.25, 0.3) is 5.91 Å². The van der Waals surface area contributed by atoms with Crippen molar-refractivity contribution in [1.82, 2.24) is 19.9 Å². The molecule has 1 aliphatic rings. The van der Waals surface area contributed by atoms with Crippen LogP contribution < -0.4 is 10.0 Å².